The molecule has 0 unspecified atom stereocenters. The highest BCUT2D eigenvalue weighted by Gasteiger charge is 2.21. The maximum atomic E-state index is 10.6. The van der Waals surface area contributed by atoms with Crippen LogP contribution in [0.2, 0.25) is 5.02 Å². The third-order valence-electron chi connectivity index (χ3n) is 5.15. The zero-order valence-electron chi connectivity index (χ0n) is 15.2. The Balaban J connectivity index is 2.03. The summed E-state index contributed by atoms with van der Waals surface area (Å²) in [4.78, 5) is 0. The van der Waals surface area contributed by atoms with Crippen molar-refractivity contribution in [3.8, 4) is 11.5 Å². The van der Waals surface area contributed by atoms with E-state index in [4.69, 9.17) is 11.6 Å². The minimum atomic E-state index is 0.198. The standard InChI is InChI=1S/C24H21ClO2/c1-15-5-11-20-17(13-15)3-2-4-22(21-12-8-18(25)14-23(21)27)24(20)16-6-9-19(26)10-7-16/h5-14,26-27H,2-4H2,1H3. The van der Waals surface area contributed by atoms with Crippen LogP contribution < -0.4 is 0 Å². The molecular weight excluding hydrogens is 356 g/mol. The monoisotopic (exact) mass is 376 g/mol. The highest BCUT2D eigenvalue weighted by atomic mass is 35.5. The molecule has 0 spiro atoms. The predicted molar refractivity (Wildman–Crippen MR) is 111 cm³/mol. The topological polar surface area (TPSA) is 40.5 Å². The first-order chi connectivity index (χ1) is 13.0. The number of hydrogen-bond donors (Lipinski definition) is 2. The summed E-state index contributed by atoms with van der Waals surface area (Å²) in [6.07, 6.45) is 2.87. The largest absolute Gasteiger partial charge is 0.508 e. The van der Waals surface area contributed by atoms with Gasteiger partial charge in [-0.25, -0.2) is 0 Å². The number of rotatable bonds is 2. The van der Waals surface area contributed by atoms with Crippen molar-refractivity contribution < 1.29 is 10.2 Å². The molecule has 1 aliphatic rings. The van der Waals surface area contributed by atoms with Gasteiger partial charge in [0.1, 0.15) is 11.5 Å². The zero-order valence-corrected chi connectivity index (χ0v) is 15.9. The van der Waals surface area contributed by atoms with E-state index in [0.717, 1.165) is 41.5 Å². The second-order valence-corrected chi connectivity index (χ2v) is 7.51. The molecule has 3 heteroatoms. The molecule has 136 valence electrons. The van der Waals surface area contributed by atoms with E-state index in [0.29, 0.717) is 5.02 Å². The van der Waals surface area contributed by atoms with Gasteiger partial charge in [0, 0.05) is 10.6 Å². The maximum absolute atomic E-state index is 10.6. The molecule has 0 heterocycles. The lowest BCUT2D eigenvalue weighted by molar-refractivity contribution is 0.473. The van der Waals surface area contributed by atoms with Crippen LogP contribution >= 0.6 is 11.6 Å². The summed E-state index contributed by atoms with van der Waals surface area (Å²) in [5.74, 6) is 0.442. The molecule has 0 radical (unpaired) electrons. The maximum Gasteiger partial charge on any atom is 0.124 e. The average molecular weight is 377 g/mol. The summed E-state index contributed by atoms with van der Waals surface area (Å²) in [5, 5.41) is 20.8. The molecule has 3 aromatic carbocycles. The van der Waals surface area contributed by atoms with E-state index < -0.39 is 0 Å². The highest BCUT2D eigenvalue weighted by molar-refractivity contribution is 6.30. The number of fused-ring (bicyclic) bond motifs is 1. The summed E-state index contributed by atoms with van der Waals surface area (Å²) in [6.45, 7) is 2.11. The number of aromatic hydroxyl groups is 2. The third kappa shape index (κ3) is 3.45. The number of halogens is 1. The van der Waals surface area contributed by atoms with Crippen LogP contribution in [0.15, 0.2) is 60.7 Å². The first kappa shape index (κ1) is 17.7. The Morgan fingerprint density at radius 1 is 0.815 bits per heavy atom. The molecule has 0 saturated carbocycles. The van der Waals surface area contributed by atoms with Crippen LogP contribution in [0.5, 0.6) is 11.5 Å². The fraction of sp³-hybridized carbons (Fsp3) is 0.167. The van der Waals surface area contributed by atoms with Gasteiger partial charge < -0.3 is 10.2 Å². The minimum Gasteiger partial charge on any atom is -0.508 e. The van der Waals surface area contributed by atoms with Crippen molar-refractivity contribution in [3.63, 3.8) is 0 Å². The Kier molecular flexibility index (Phi) is 4.67. The molecule has 2 N–H and O–H groups in total. The summed E-state index contributed by atoms with van der Waals surface area (Å²) in [6, 6.07) is 19.2. The zero-order chi connectivity index (χ0) is 19.0. The van der Waals surface area contributed by atoms with Gasteiger partial charge in [-0.3, -0.25) is 0 Å². The first-order valence-corrected chi connectivity index (χ1v) is 9.52. The van der Waals surface area contributed by atoms with E-state index in [1.165, 1.54) is 16.7 Å². The first-order valence-electron chi connectivity index (χ1n) is 9.14. The Labute approximate surface area is 164 Å². The molecule has 1 aliphatic carbocycles. The second-order valence-electron chi connectivity index (χ2n) is 7.08. The molecule has 0 aromatic heterocycles. The minimum absolute atomic E-state index is 0.198. The SMILES string of the molecule is Cc1ccc2c(c1)CCCC(c1ccc(Cl)cc1O)=C2c1ccc(O)cc1. The van der Waals surface area contributed by atoms with Gasteiger partial charge in [0.25, 0.3) is 0 Å². The van der Waals surface area contributed by atoms with Crippen molar-refractivity contribution >= 4 is 22.7 Å². The Morgan fingerprint density at radius 3 is 2.30 bits per heavy atom. The van der Waals surface area contributed by atoms with Crippen LogP contribution in [0.1, 0.15) is 40.7 Å². The predicted octanol–water partition coefficient (Wildman–Crippen LogP) is 6.36. The van der Waals surface area contributed by atoms with E-state index in [1.807, 2.05) is 24.3 Å². The normalized spacial score (nSPS) is 14.0. The fourth-order valence-electron chi connectivity index (χ4n) is 3.90. The summed E-state index contributed by atoms with van der Waals surface area (Å²) < 4.78 is 0. The molecule has 27 heavy (non-hydrogen) atoms. The molecule has 0 atom stereocenters. The van der Waals surface area contributed by atoms with E-state index in [1.54, 1.807) is 18.2 Å². The van der Waals surface area contributed by atoms with E-state index >= 15 is 0 Å². The van der Waals surface area contributed by atoms with Gasteiger partial charge in [-0.2, -0.15) is 0 Å². The number of benzene rings is 3. The lowest BCUT2D eigenvalue weighted by Crippen LogP contribution is -1.97. The highest BCUT2D eigenvalue weighted by Crippen LogP contribution is 2.43. The molecule has 0 aliphatic heterocycles. The fourth-order valence-corrected chi connectivity index (χ4v) is 4.07. The second kappa shape index (κ2) is 7.13. The molecule has 4 rings (SSSR count). The van der Waals surface area contributed by atoms with E-state index in [9.17, 15) is 10.2 Å². The number of phenolic OH excluding ortho intramolecular Hbond substituents is 2. The molecule has 2 nitrogen and oxygen atoms in total. The Morgan fingerprint density at radius 2 is 1.56 bits per heavy atom. The summed E-state index contributed by atoms with van der Waals surface area (Å²) >= 11 is 6.05. The van der Waals surface area contributed by atoms with Crippen molar-refractivity contribution in [1.29, 1.82) is 0 Å². The Bertz CT molecular complexity index is 1030. The lowest BCUT2D eigenvalue weighted by atomic mass is 9.87. The van der Waals surface area contributed by atoms with Crippen LogP contribution in [0, 0.1) is 6.92 Å². The Hall–Kier alpha value is -2.71. The summed E-state index contributed by atoms with van der Waals surface area (Å²) in [7, 11) is 0. The van der Waals surface area contributed by atoms with Gasteiger partial charge in [0.2, 0.25) is 0 Å². The van der Waals surface area contributed by atoms with Crippen LogP contribution in [0.25, 0.3) is 11.1 Å². The van der Waals surface area contributed by atoms with Crippen LogP contribution in [0.4, 0.5) is 0 Å². The van der Waals surface area contributed by atoms with Crippen LogP contribution in [-0.4, -0.2) is 10.2 Å². The van der Waals surface area contributed by atoms with Crippen LogP contribution in [-0.2, 0) is 6.42 Å². The van der Waals surface area contributed by atoms with E-state index in [-0.39, 0.29) is 11.5 Å². The van der Waals surface area contributed by atoms with Crippen molar-refractivity contribution in [2.24, 2.45) is 0 Å². The lowest BCUT2D eigenvalue weighted by Gasteiger charge is -2.18. The number of hydrogen-bond acceptors (Lipinski definition) is 2. The van der Waals surface area contributed by atoms with Gasteiger partial charge in [0.05, 0.1) is 0 Å². The molecule has 0 fully saturated rings. The van der Waals surface area contributed by atoms with Gasteiger partial charge >= 0.3 is 0 Å². The smallest absolute Gasteiger partial charge is 0.124 e. The third-order valence-corrected chi connectivity index (χ3v) is 5.38. The van der Waals surface area contributed by atoms with Crippen LogP contribution in [0.3, 0.4) is 0 Å². The number of allylic oxidation sites excluding steroid dienone is 1. The molecular formula is C24H21ClO2. The molecule has 0 amide bonds. The summed E-state index contributed by atoms with van der Waals surface area (Å²) in [5.41, 5.74) is 7.82. The van der Waals surface area contributed by atoms with Crippen molar-refractivity contribution in [1.82, 2.24) is 0 Å². The van der Waals surface area contributed by atoms with Crippen molar-refractivity contribution in [2.75, 3.05) is 0 Å². The van der Waals surface area contributed by atoms with Gasteiger partial charge in [-0.15, -0.1) is 0 Å². The van der Waals surface area contributed by atoms with Crippen molar-refractivity contribution in [2.45, 2.75) is 26.2 Å². The van der Waals surface area contributed by atoms with Gasteiger partial charge in [-0.1, -0.05) is 47.5 Å². The quantitative estimate of drug-likeness (QED) is 0.546. The van der Waals surface area contributed by atoms with Gasteiger partial charge in [-0.05, 0) is 84.4 Å². The number of phenols is 2. The average Bonchev–Trinajstić information content (AvgIpc) is 2.81. The van der Waals surface area contributed by atoms with Gasteiger partial charge in [0.15, 0.2) is 0 Å². The molecule has 3 aromatic rings. The number of aryl methyl sites for hydroxylation is 2. The molecule has 0 bridgehead atoms. The van der Waals surface area contributed by atoms with Crippen molar-refractivity contribution in [3.05, 3.63) is 93.5 Å². The molecule has 0 saturated heterocycles. The van der Waals surface area contributed by atoms with E-state index in [2.05, 4.69) is 25.1 Å².